The van der Waals surface area contributed by atoms with Crippen LogP contribution >= 0.6 is 0 Å². The predicted molar refractivity (Wildman–Crippen MR) is 117 cm³/mol. The van der Waals surface area contributed by atoms with Crippen molar-refractivity contribution >= 4 is 11.8 Å². The SMILES string of the molecule is Cc1ccc(C(=O)N2CCCC(C(=O)NCCCCN3CCC(C)CC3)C2)cc1. The summed E-state index contributed by atoms with van der Waals surface area (Å²) in [5, 5.41) is 3.11. The fourth-order valence-corrected chi connectivity index (χ4v) is 4.36. The summed E-state index contributed by atoms with van der Waals surface area (Å²) in [4.78, 5) is 29.7. The fourth-order valence-electron chi connectivity index (χ4n) is 4.36. The van der Waals surface area contributed by atoms with Crippen molar-refractivity contribution in [2.45, 2.75) is 52.4 Å². The number of unbranched alkanes of at least 4 members (excludes halogenated alkanes) is 1. The molecule has 0 radical (unpaired) electrons. The van der Waals surface area contributed by atoms with Crippen molar-refractivity contribution in [3.8, 4) is 0 Å². The normalized spacial score (nSPS) is 21.2. The van der Waals surface area contributed by atoms with Crippen LogP contribution in [0.1, 0.15) is 61.4 Å². The van der Waals surface area contributed by atoms with E-state index in [-0.39, 0.29) is 17.7 Å². The second kappa shape index (κ2) is 10.8. The molecule has 29 heavy (non-hydrogen) atoms. The van der Waals surface area contributed by atoms with Gasteiger partial charge in [-0.3, -0.25) is 9.59 Å². The number of nitrogens with one attached hydrogen (secondary N) is 1. The highest BCUT2D eigenvalue weighted by Gasteiger charge is 2.28. The van der Waals surface area contributed by atoms with Crippen LogP contribution in [0.4, 0.5) is 0 Å². The molecule has 160 valence electrons. The predicted octanol–water partition coefficient (Wildman–Crippen LogP) is 3.48. The van der Waals surface area contributed by atoms with E-state index >= 15 is 0 Å². The Morgan fingerprint density at radius 3 is 2.48 bits per heavy atom. The Kier molecular flexibility index (Phi) is 8.10. The van der Waals surface area contributed by atoms with Crippen LogP contribution in [-0.4, -0.2) is 60.9 Å². The largest absolute Gasteiger partial charge is 0.356 e. The smallest absolute Gasteiger partial charge is 0.253 e. The Hall–Kier alpha value is -1.88. The highest BCUT2D eigenvalue weighted by atomic mass is 16.2. The Balaban J connectivity index is 1.36. The van der Waals surface area contributed by atoms with E-state index in [1.54, 1.807) is 0 Å². The number of piperidine rings is 2. The number of hydrogen-bond donors (Lipinski definition) is 1. The van der Waals surface area contributed by atoms with E-state index in [0.29, 0.717) is 12.1 Å². The number of benzene rings is 1. The van der Waals surface area contributed by atoms with Crippen LogP contribution in [0.5, 0.6) is 0 Å². The Morgan fingerprint density at radius 1 is 1.03 bits per heavy atom. The molecule has 0 bridgehead atoms. The van der Waals surface area contributed by atoms with Gasteiger partial charge in [0.15, 0.2) is 0 Å². The first kappa shape index (κ1) is 21.8. The molecule has 5 heteroatoms. The lowest BCUT2D eigenvalue weighted by atomic mass is 9.96. The van der Waals surface area contributed by atoms with Crippen LogP contribution in [-0.2, 0) is 4.79 Å². The van der Waals surface area contributed by atoms with Crippen molar-refractivity contribution < 1.29 is 9.59 Å². The second-order valence-electron chi connectivity index (χ2n) is 8.98. The van der Waals surface area contributed by atoms with Crippen LogP contribution in [0.15, 0.2) is 24.3 Å². The van der Waals surface area contributed by atoms with Crippen molar-refractivity contribution in [3.05, 3.63) is 35.4 Å². The van der Waals surface area contributed by atoms with Gasteiger partial charge in [-0.05, 0) is 83.1 Å². The number of hydrogen-bond acceptors (Lipinski definition) is 3. The molecule has 2 saturated heterocycles. The Labute approximate surface area is 175 Å². The van der Waals surface area contributed by atoms with Crippen LogP contribution in [0, 0.1) is 18.8 Å². The molecule has 3 rings (SSSR count). The van der Waals surface area contributed by atoms with Gasteiger partial charge in [0.2, 0.25) is 5.91 Å². The zero-order valence-electron chi connectivity index (χ0n) is 18.2. The van der Waals surface area contributed by atoms with Crippen LogP contribution in [0.3, 0.4) is 0 Å². The minimum atomic E-state index is -0.0817. The van der Waals surface area contributed by atoms with E-state index in [1.807, 2.05) is 36.1 Å². The van der Waals surface area contributed by atoms with Gasteiger partial charge in [0.1, 0.15) is 0 Å². The summed E-state index contributed by atoms with van der Waals surface area (Å²) in [5.41, 5.74) is 1.86. The summed E-state index contributed by atoms with van der Waals surface area (Å²) in [5.74, 6) is 0.941. The quantitative estimate of drug-likeness (QED) is 0.714. The number of likely N-dealkylation sites (tertiary alicyclic amines) is 2. The molecule has 1 N–H and O–H groups in total. The maximum absolute atomic E-state index is 12.7. The van der Waals surface area contributed by atoms with Crippen molar-refractivity contribution in [2.75, 3.05) is 39.3 Å². The van der Waals surface area contributed by atoms with Gasteiger partial charge in [0.25, 0.3) is 5.91 Å². The Bertz CT molecular complexity index is 665. The van der Waals surface area contributed by atoms with E-state index in [1.165, 1.54) is 25.9 Å². The number of carbonyl (C=O) groups is 2. The summed E-state index contributed by atoms with van der Waals surface area (Å²) in [6.07, 6.45) is 6.55. The maximum atomic E-state index is 12.7. The van der Waals surface area contributed by atoms with Gasteiger partial charge in [-0.15, -0.1) is 0 Å². The van der Waals surface area contributed by atoms with Gasteiger partial charge in [-0.2, -0.15) is 0 Å². The fraction of sp³-hybridized carbons (Fsp3) is 0.667. The summed E-state index contributed by atoms with van der Waals surface area (Å²) in [6, 6.07) is 7.69. The number of amides is 2. The summed E-state index contributed by atoms with van der Waals surface area (Å²) in [7, 11) is 0. The third kappa shape index (κ3) is 6.56. The minimum Gasteiger partial charge on any atom is -0.356 e. The van der Waals surface area contributed by atoms with Crippen molar-refractivity contribution in [1.82, 2.24) is 15.1 Å². The van der Waals surface area contributed by atoms with E-state index in [2.05, 4.69) is 17.1 Å². The monoisotopic (exact) mass is 399 g/mol. The first-order valence-corrected chi connectivity index (χ1v) is 11.4. The van der Waals surface area contributed by atoms with Gasteiger partial charge in [-0.1, -0.05) is 24.6 Å². The molecule has 1 unspecified atom stereocenters. The maximum Gasteiger partial charge on any atom is 0.253 e. The molecule has 2 heterocycles. The summed E-state index contributed by atoms with van der Waals surface area (Å²) in [6.45, 7) is 9.96. The van der Waals surface area contributed by atoms with Crippen molar-refractivity contribution in [3.63, 3.8) is 0 Å². The van der Waals surface area contributed by atoms with E-state index < -0.39 is 0 Å². The third-order valence-corrected chi connectivity index (χ3v) is 6.45. The first-order valence-electron chi connectivity index (χ1n) is 11.4. The van der Waals surface area contributed by atoms with Gasteiger partial charge >= 0.3 is 0 Å². The van der Waals surface area contributed by atoms with Crippen LogP contribution in [0.2, 0.25) is 0 Å². The van der Waals surface area contributed by atoms with Crippen molar-refractivity contribution in [2.24, 2.45) is 11.8 Å². The molecule has 0 spiro atoms. The van der Waals surface area contributed by atoms with E-state index in [9.17, 15) is 9.59 Å². The van der Waals surface area contributed by atoms with Crippen LogP contribution in [0.25, 0.3) is 0 Å². The van der Waals surface area contributed by atoms with Gasteiger partial charge < -0.3 is 15.1 Å². The van der Waals surface area contributed by atoms with Gasteiger partial charge in [-0.25, -0.2) is 0 Å². The molecule has 2 amide bonds. The molecule has 2 aliphatic heterocycles. The molecule has 1 aromatic carbocycles. The summed E-state index contributed by atoms with van der Waals surface area (Å²) < 4.78 is 0. The highest BCUT2D eigenvalue weighted by molar-refractivity contribution is 5.94. The second-order valence-corrected chi connectivity index (χ2v) is 8.98. The third-order valence-electron chi connectivity index (χ3n) is 6.45. The standard InChI is InChI=1S/C24H37N3O2/c1-19-7-9-21(10-8-19)24(29)27-15-5-6-22(18-27)23(28)25-13-3-4-14-26-16-11-20(2)12-17-26/h7-10,20,22H,3-6,11-18H2,1-2H3,(H,25,28). The molecule has 2 fully saturated rings. The molecular weight excluding hydrogens is 362 g/mol. The Morgan fingerprint density at radius 2 is 1.76 bits per heavy atom. The highest BCUT2D eigenvalue weighted by Crippen LogP contribution is 2.19. The average molecular weight is 400 g/mol. The lowest BCUT2D eigenvalue weighted by Crippen LogP contribution is -2.45. The molecule has 0 aromatic heterocycles. The molecule has 2 aliphatic rings. The molecule has 0 aliphatic carbocycles. The molecule has 1 atom stereocenters. The lowest BCUT2D eigenvalue weighted by molar-refractivity contribution is -0.126. The van der Waals surface area contributed by atoms with E-state index in [0.717, 1.165) is 56.8 Å². The van der Waals surface area contributed by atoms with Gasteiger partial charge in [0, 0.05) is 25.2 Å². The average Bonchev–Trinajstić information content (AvgIpc) is 2.75. The summed E-state index contributed by atoms with van der Waals surface area (Å²) >= 11 is 0. The zero-order chi connectivity index (χ0) is 20.6. The number of nitrogens with zero attached hydrogens (tertiary/aromatic N) is 2. The first-order chi connectivity index (χ1) is 14.0. The minimum absolute atomic E-state index is 0.0401. The molecule has 5 nitrogen and oxygen atoms in total. The van der Waals surface area contributed by atoms with Crippen molar-refractivity contribution in [1.29, 1.82) is 0 Å². The molecular formula is C24H37N3O2. The van der Waals surface area contributed by atoms with Gasteiger partial charge in [0.05, 0.1) is 5.92 Å². The number of rotatable bonds is 7. The number of aryl methyl sites for hydroxylation is 1. The van der Waals surface area contributed by atoms with Crippen LogP contribution < -0.4 is 5.32 Å². The number of carbonyl (C=O) groups excluding carboxylic acids is 2. The zero-order valence-corrected chi connectivity index (χ0v) is 18.2. The molecule has 1 aromatic rings. The van der Waals surface area contributed by atoms with E-state index in [4.69, 9.17) is 0 Å². The lowest BCUT2D eigenvalue weighted by Gasteiger charge is -2.32. The topological polar surface area (TPSA) is 52.7 Å². The molecule has 0 saturated carbocycles.